The quantitative estimate of drug-likeness (QED) is 0.243. The largest absolute Gasteiger partial charge is 0.491 e. The fourth-order valence-corrected chi connectivity index (χ4v) is 4.42. The third-order valence-corrected chi connectivity index (χ3v) is 6.54. The highest BCUT2D eigenvalue weighted by Crippen LogP contribution is 2.32. The zero-order valence-electron chi connectivity index (χ0n) is 19.1. The minimum absolute atomic E-state index is 0.00107. The summed E-state index contributed by atoms with van der Waals surface area (Å²) in [5.41, 5.74) is 1.68. The van der Waals surface area contributed by atoms with Gasteiger partial charge in [-0.15, -0.1) is 0 Å². The third kappa shape index (κ3) is 6.93. The van der Waals surface area contributed by atoms with Crippen molar-refractivity contribution in [2.24, 2.45) is 0 Å². The molecule has 3 rings (SSSR count). The van der Waals surface area contributed by atoms with E-state index in [1.165, 1.54) is 12.1 Å². The Bertz CT molecular complexity index is 1330. The molecule has 9 nitrogen and oxygen atoms in total. The Morgan fingerprint density at radius 2 is 1.80 bits per heavy atom. The molecule has 3 aromatic carbocycles. The maximum atomic E-state index is 12.4. The number of nitrogens with one attached hydrogen (secondary N) is 1. The number of nitro benzene ring substituents is 1. The van der Waals surface area contributed by atoms with Gasteiger partial charge in [0, 0.05) is 17.7 Å². The molecule has 0 saturated heterocycles. The van der Waals surface area contributed by atoms with Gasteiger partial charge in [-0.2, -0.15) is 0 Å². The summed E-state index contributed by atoms with van der Waals surface area (Å²) in [6, 6.07) is 17.6. The molecule has 0 aliphatic heterocycles. The van der Waals surface area contributed by atoms with Gasteiger partial charge in [-0.25, -0.2) is 8.42 Å². The van der Waals surface area contributed by atoms with Gasteiger partial charge < -0.3 is 10.1 Å². The number of non-ortho nitro benzene ring substituents is 1. The fraction of sp³-hybridized carbons (Fsp3) is 0.208. The Labute approximate surface area is 208 Å². The molecular weight excluding hydrogens is 494 g/mol. The summed E-state index contributed by atoms with van der Waals surface area (Å²) in [7, 11) is -3.82. The highest BCUT2D eigenvalue weighted by molar-refractivity contribution is 7.92. The molecule has 35 heavy (non-hydrogen) atoms. The van der Waals surface area contributed by atoms with Crippen LogP contribution < -0.4 is 14.4 Å². The predicted molar refractivity (Wildman–Crippen MR) is 135 cm³/mol. The van der Waals surface area contributed by atoms with E-state index < -0.39 is 14.9 Å². The number of para-hydroxylation sites is 1. The summed E-state index contributed by atoms with van der Waals surface area (Å²) in [5, 5.41) is 14.0. The first kappa shape index (κ1) is 26.0. The first-order chi connectivity index (χ1) is 16.6. The van der Waals surface area contributed by atoms with Gasteiger partial charge in [0.25, 0.3) is 11.6 Å². The van der Waals surface area contributed by atoms with E-state index in [-0.39, 0.29) is 28.8 Å². The number of nitrogens with zero attached hydrogens (tertiary/aromatic N) is 2. The predicted octanol–water partition coefficient (Wildman–Crippen LogP) is 4.33. The van der Waals surface area contributed by atoms with Crippen molar-refractivity contribution in [2.45, 2.75) is 13.5 Å². The second kappa shape index (κ2) is 11.2. The molecular formula is C24H24ClN3O6S. The minimum Gasteiger partial charge on any atom is -0.491 e. The van der Waals surface area contributed by atoms with Crippen molar-refractivity contribution in [2.75, 3.05) is 23.7 Å². The van der Waals surface area contributed by atoms with Crippen LogP contribution in [0.5, 0.6) is 5.75 Å². The second-order valence-corrected chi connectivity index (χ2v) is 10.0. The number of amides is 1. The van der Waals surface area contributed by atoms with Crippen molar-refractivity contribution < 1.29 is 22.9 Å². The van der Waals surface area contributed by atoms with Crippen molar-refractivity contribution in [3.8, 4) is 5.75 Å². The minimum atomic E-state index is -3.82. The van der Waals surface area contributed by atoms with Gasteiger partial charge in [-0.3, -0.25) is 19.2 Å². The Morgan fingerprint density at radius 3 is 2.43 bits per heavy atom. The van der Waals surface area contributed by atoms with Gasteiger partial charge in [-0.1, -0.05) is 41.9 Å². The molecule has 0 heterocycles. The van der Waals surface area contributed by atoms with Gasteiger partial charge in [0.2, 0.25) is 10.0 Å². The van der Waals surface area contributed by atoms with Crippen LogP contribution in [-0.4, -0.2) is 38.7 Å². The molecule has 0 unspecified atom stereocenters. The second-order valence-electron chi connectivity index (χ2n) is 7.73. The van der Waals surface area contributed by atoms with E-state index in [4.69, 9.17) is 16.3 Å². The van der Waals surface area contributed by atoms with Crippen molar-refractivity contribution in [1.82, 2.24) is 5.32 Å². The van der Waals surface area contributed by atoms with Crippen LogP contribution in [0.1, 0.15) is 21.5 Å². The van der Waals surface area contributed by atoms with E-state index in [9.17, 15) is 23.3 Å². The van der Waals surface area contributed by atoms with E-state index >= 15 is 0 Å². The molecule has 0 radical (unpaired) electrons. The van der Waals surface area contributed by atoms with Crippen molar-refractivity contribution in [1.29, 1.82) is 0 Å². The Morgan fingerprint density at radius 1 is 1.11 bits per heavy atom. The van der Waals surface area contributed by atoms with Crippen molar-refractivity contribution in [3.63, 3.8) is 0 Å². The lowest BCUT2D eigenvalue weighted by Gasteiger charge is -2.23. The zero-order chi connectivity index (χ0) is 25.6. The SMILES string of the molecule is Cc1ccccc1OCCNC(=O)c1ccc(CN(c2cc([N+](=O)[O-])ccc2Cl)S(C)(=O)=O)cc1. The molecule has 0 spiro atoms. The maximum Gasteiger partial charge on any atom is 0.271 e. The number of carbonyl (C=O) groups excluding carboxylic acids is 1. The number of nitro groups is 1. The number of hydrogen-bond acceptors (Lipinski definition) is 6. The number of ether oxygens (including phenoxy) is 1. The molecule has 0 aliphatic rings. The maximum absolute atomic E-state index is 12.4. The normalized spacial score (nSPS) is 11.1. The summed E-state index contributed by atoms with van der Waals surface area (Å²) in [5.74, 6) is 0.456. The fourth-order valence-electron chi connectivity index (χ4n) is 3.26. The summed E-state index contributed by atoms with van der Waals surface area (Å²) in [6.45, 7) is 2.43. The number of benzene rings is 3. The highest BCUT2D eigenvalue weighted by Gasteiger charge is 2.23. The average Bonchev–Trinajstić information content (AvgIpc) is 2.81. The molecule has 3 aromatic rings. The molecule has 0 atom stereocenters. The van der Waals surface area contributed by atoms with Crippen molar-refractivity contribution >= 4 is 38.9 Å². The number of aryl methyl sites for hydroxylation is 1. The zero-order valence-corrected chi connectivity index (χ0v) is 20.7. The molecule has 0 saturated carbocycles. The molecule has 0 bridgehead atoms. The van der Waals surface area contributed by atoms with Crippen LogP contribution in [0.25, 0.3) is 0 Å². The van der Waals surface area contributed by atoms with E-state index in [1.54, 1.807) is 24.3 Å². The number of carbonyl (C=O) groups is 1. The summed E-state index contributed by atoms with van der Waals surface area (Å²) >= 11 is 6.15. The van der Waals surface area contributed by atoms with Crippen LogP contribution in [0.2, 0.25) is 5.02 Å². The Balaban J connectivity index is 1.66. The molecule has 0 fully saturated rings. The Hall–Kier alpha value is -3.63. The van der Waals surface area contributed by atoms with Gasteiger partial charge in [0.15, 0.2) is 0 Å². The lowest BCUT2D eigenvalue weighted by molar-refractivity contribution is -0.384. The lowest BCUT2D eigenvalue weighted by Crippen LogP contribution is -2.30. The van der Waals surface area contributed by atoms with Gasteiger partial charge in [0.05, 0.1) is 35.0 Å². The molecule has 1 N–H and O–H groups in total. The lowest BCUT2D eigenvalue weighted by atomic mass is 10.1. The molecule has 184 valence electrons. The van der Waals surface area contributed by atoms with E-state index in [1.807, 2.05) is 31.2 Å². The Kier molecular flexibility index (Phi) is 8.31. The first-order valence-corrected chi connectivity index (χ1v) is 12.8. The van der Waals surface area contributed by atoms with Crippen LogP contribution >= 0.6 is 11.6 Å². The number of sulfonamides is 1. The summed E-state index contributed by atoms with van der Waals surface area (Å²) in [6.07, 6.45) is 0.989. The first-order valence-electron chi connectivity index (χ1n) is 10.5. The third-order valence-electron chi connectivity index (χ3n) is 5.09. The van der Waals surface area contributed by atoms with Gasteiger partial charge in [0.1, 0.15) is 12.4 Å². The van der Waals surface area contributed by atoms with Crippen LogP contribution in [0.15, 0.2) is 66.7 Å². The molecule has 0 aromatic heterocycles. The van der Waals surface area contributed by atoms with E-state index in [0.29, 0.717) is 24.3 Å². The molecule has 11 heteroatoms. The van der Waals surface area contributed by atoms with Gasteiger partial charge in [-0.05, 0) is 42.3 Å². The smallest absolute Gasteiger partial charge is 0.271 e. The van der Waals surface area contributed by atoms with Crippen LogP contribution in [0.3, 0.4) is 0 Å². The van der Waals surface area contributed by atoms with Crippen LogP contribution in [-0.2, 0) is 16.6 Å². The van der Waals surface area contributed by atoms with Crippen LogP contribution in [0.4, 0.5) is 11.4 Å². The summed E-state index contributed by atoms with van der Waals surface area (Å²) in [4.78, 5) is 22.9. The summed E-state index contributed by atoms with van der Waals surface area (Å²) < 4.78 is 31.5. The highest BCUT2D eigenvalue weighted by atomic mass is 35.5. The number of hydrogen-bond donors (Lipinski definition) is 1. The number of anilines is 1. The van der Waals surface area contributed by atoms with Crippen LogP contribution in [0, 0.1) is 17.0 Å². The average molecular weight is 518 g/mol. The topological polar surface area (TPSA) is 119 Å². The van der Waals surface area contributed by atoms with Gasteiger partial charge >= 0.3 is 0 Å². The number of rotatable bonds is 10. The standard InChI is InChI=1S/C24H24ClN3O6S/c1-17-5-3-4-6-23(17)34-14-13-26-24(29)19-9-7-18(8-10-19)16-27(35(2,32)33)22-15-20(28(30)31)11-12-21(22)25/h3-12,15H,13-14,16H2,1-2H3,(H,26,29). The van der Waals surface area contributed by atoms with Crippen molar-refractivity contribution in [3.05, 3.63) is 98.6 Å². The monoisotopic (exact) mass is 517 g/mol. The molecule has 0 aliphatic carbocycles. The van der Waals surface area contributed by atoms with E-state index in [0.717, 1.165) is 27.9 Å². The molecule has 1 amide bonds. The number of halogens is 1. The van der Waals surface area contributed by atoms with E-state index in [2.05, 4.69) is 5.32 Å².